The van der Waals surface area contributed by atoms with E-state index < -0.39 is 28.5 Å². The second kappa shape index (κ2) is 14.5. The smallest absolute Gasteiger partial charge is 0.264 e. The number of hydrogen-bond donors (Lipinski definition) is 1. The van der Waals surface area contributed by atoms with Crippen LogP contribution in [0.1, 0.15) is 32.8 Å². The van der Waals surface area contributed by atoms with Crippen molar-refractivity contribution < 1.29 is 27.5 Å². The first kappa shape index (κ1) is 31.5. The van der Waals surface area contributed by atoms with E-state index in [1.54, 1.807) is 30.3 Å². The van der Waals surface area contributed by atoms with Crippen molar-refractivity contribution in [3.63, 3.8) is 0 Å². The molecule has 0 aliphatic rings. The number of ether oxygens (including phenoxy) is 2. The minimum atomic E-state index is -4.24. The van der Waals surface area contributed by atoms with Gasteiger partial charge in [-0.25, -0.2) is 8.42 Å². The number of amides is 2. The average Bonchev–Trinajstić information content (AvgIpc) is 2.98. The van der Waals surface area contributed by atoms with Crippen LogP contribution in [0.15, 0.2) is 83.8 Å². The molecule has 0 bridgehead atoms. The average molecular weight is 582 g/mol. The quantitative estimate of drug-likeness (QED) is 0.301. The number of sulfonamides is 1. The number of methoxy groups -OCH3 is 2. The van der Waals surface area contributed by atoms with Gasteiger partial charge in [0.25, 0.3) is 10.0 Å². The van der Waals surface area contributed by atoms with Crippen molar-refractivity contribution in [1.82, 2.24) is 10.2 Å². The molecule has 1 atom stereocenters. The standard InChI is InChI=1S/C31H39N3O6S/c1-6-27(31(36)32-20-23(2)3)33(21-24-13-9-7-10-14-24)30(35)22-34(25-15-11-8-12-16-25)41(37,38)26-17-18-28(39-4)29(19-26)40-5/h7-19,23,27H,6,20-22H2,1-5H3,(H,32,36)/t27-/m0/s1. The number of para-hydroxylation sites is 1. The van der Waals surface area contributed by atoms with Crippen LogP contribution in [0.4, 0.5) is 5.69 Å². The van der Waals surface area contributed by atoms with E-state index in [-0.39, 0.29) is 29.0 Å². The minimum absolute atomic E-state index is 0.0665. The van der Waals surface area contributed by atoms with Crippen molar-refractivity contribution >= 4 is 27.5 Å². The normalized spacial score (nSPS) is 12.0. The van der Waals surface area contributed by atoms with Crippen LogP contribution in [0.5, 0.6) is 11.5 Å². The lowest BCUT2D eigenvalue weighted by Gasteiger charge is -2.33. The van der Waals surface area contributed by atoms with Crippen molar-refractivity contribution in [2.24, 2.45) is 5.92 Å². The van der Waals surface area contributed by atoms with Crippen LogP contribution >= 0.6 is 0 Å². The Morgan fingerprint density at radius 2 is 1.49 bits per heavy atom. The third-order valence-electron chi connectivity index (χ3n) is 6.53. The second-order valence-corrected chi connectivity index (χ2v) is 11.8. The Morgan fingerprint density at radius 3 is 2.05 bits per heavy atom. The van der Waals surface area contributed by atoms with Gasteiger partial charge in [-0.05, 0) is 42.2 Å². The van der Waals surface area contributed by atoms with Crippen LogP contribution in [0, 0.1) is 5.92 Å². The molecule has 41 heavy (non-hydrogen) atoms. The Hall–Kier alpha value is -4.05. The van der Waals surface area contributed by atoms with E-state index >= 15 is 0 Å². The molecule has 0 fully saturated rings. The first-order valence-electron chi connectivity index (χ1n) is 13.5. The summed E-state index contributed by atoms with van der Waals surface area (Å²) >= 11 is 0. The zero-order chi connectivity index (χ0) is 30.0. The van der Waals surface area contributed by atoms with Gasteiger partial charge in [-0.3, -0.25) is 13.9 Å². The summed E-state index contributed by atoms with van der Waals surface area (Å²) < 4.78 is 39.8. The molecule has 2 amide bonds. The Balaban J connectivity index is 2.04. The summed E-state index contributed by atoms with van der Waals surface area (Å²) in [5, 5.41) is 2.93. The van der Waals surface area contributed by atoms with Gasteiger partial charge in [0.05, 0.1) is 24.8 Å². The van der Waals surface area contributed by atoms with Gasteiger partial charge in [0.2, 0.25) is 11.8 Å². The van der Waals surface area contributed by atoms with Crippen LogP contribution in [0.2, 0.25) is 0 Å². The number of rotatable bonds is 14. The molecule has 0 aliphatic carbocycles. The summed E-state index contributed by atoms with van der Waals surface area (Å²) in [4.78, 5) is 28.7. The third-order valence-corrected chi connectivity index (χ3v) is 8.30. The van der Waals surface area contributed by atoms with E-state index in [9.17, 15) is 18.0 Å². The molecule has 3 aromatic carbocycles. The maximum atomic E-state index is 14.1. The van der Waals surface area contributed by atoms with Crippen LogP contribution in [-0.4, -0.2) is 58.5 Å². The fourth-order valence-corrected chi connectivity index (χ4v) is 5.78. The van der Waals surface area contributed by atoms with Gasteiger partial charge in [0.1, 0.15) is 12.6 Å². The van der Waals surface area contributed by atoms with Crippen molar-refractivity contribution in [3.8, 4) is 11.5 Å². The highest BCUT2D eigenvalue weighted by atomic mass is 32.2. The monoisotopic (exact) mass is 581 g/mol. The molecule has 0 aliphatic heterocycles. The molecule has 3 aromatic rings. The van der Waals surface area contributed by atoms with Gasteiger partial charge in [-0.15, -0.1) is 0 Å². The fourth-order valence-electron chi connectivity index (χ4n) is 4.35. The molecular formula is C31H39N3O6S. The molecular weight excluding hydrogens is 542 g/mol. The SMILES string of the molecule is CC[C@@H](C(=O)NCC(C)C)N(Cc1ccccc1)C(=O)CN(c1ccccc1)S(=O)(=O)c1ccc(OC)c(OC)c1. The lowest BCUT2D eigenvalue weighted by atomic mass is 10.1. The highest BCUT2D eigenvalue weighted by Gasteiger charge is 2.34. The number of hydrogen-bond acceptors (Lipinski definition) is 6. The highest BCUT2D eigenvalue weighted by molar-refractivity contribution is 7.92. The molecule has 1 N–H and O–H groups in total. The number of carbonyl (C=O) groups is 2. The van der Waals surface area contributed by atoms with Crippen LogP contribution in [0.3, 0.4) is 0 Å². The molecule has 0 spiro atoms. The van der Waals surface area contributed by atoms with Crippen molar-refractivity contribution in [1.29, 1.82) is 0 Å². The summed E-state index contributed by atoms with van der Waals surface area (Å²) in [5.74, 6) is 0.0650. The van der Waals surface area contributed by atoms with Crippen molar-refractivity contribution in [2.75, 3.05) is 31.6 Å². The molecule has 0 unspecified atom stereocenters. The Morgan fingerprint density at radius 1 is 0.878 bits per heavy atom. The van der Waals surface area contributed by atoms with E-state index in [0.29, 0.717) is 24.4 Å². The largest absolute Gasteiger partial charge is 0.493 e. The lowest BCUT2D eigenvalue weighted by molar-refractivity contribution is -0.140. The molecule has 0 radical (unpaired) electrons. The Kier molecular flexibility index (Phi) is 11.2. The summed E-state index contributed by atoms with van der Waals surface area (Å²) in [6.07, 6.45) is 0.357. The number of anilines is 1. The van der Waals surface area contributed by atoms with E-state index in [1.807, 2.05) is 51.1 Å². The zero-order valence-electron chi connectivity index (χ0n) is 24.2. The topological polar surface area (TPSA) is 105 Å². The molecule has 3 rings (SSSR count). The number of benzene rings is 3. The van der Waals surface area contributed by atoms with Gasteiger partial charge in [0.15, 0.2) is 11.5 Å². The predicted octanol–water partition coefficient (Wildman–Crippen LogP) is 4.48. The van der Waals surface area contributed by atoms with E-state index in [2.05, 4.69) is 5.32 Å². The summed E-state index contributed by atoms with van der Waals surface area (Å²) in [6, 6.07) is 21.2. The summed E-state index contributed by atoms with van der Waals surface area (Å²) in [7, 11) is -1.36. The number of carbonyl (C=O) groups excluding carboxylic acids is 2. The van der Waals surface area contributed by atoms with Gasteiger partial charge < -0.3 is 19.7 Å². The van der Waals surface area contributed by atoms with Gasteiger partial charge in [-0.1, -0.05) is 69.3 Å². The predicted molar refractivity (Wildman–Crippen MR) is 159 cm³/mol. The summed E-state index contributed by atoms with van der Waals surface area (Å²) in [6.45, 7) is 5.91. The minimum Gasteiger partial charge on any atom is -0.493 e. The first-order chi connectivity index (χ1) is 19.6. The van der Waals surface area contributed by atoms with Crippen LogP contribution < -0.4 is 19.1 Å². The second-order valence-electron chi connectivity index (χ2n) is 9.93. The Bertz CT molecular complexity index is 1400. The molecule has 220 valence electrons. The first-order valence-corrected chi connectivity index (χ1v) is 15.0. The fraction of sp³-hybridized carbons (Fsp3) is 0.355. The van der Waals surface area contributed by atoms with Gasteiger partial charge in [0, 0.05) is 19.2 Å². The molecule has 10 heteroatoms. The highest BCUT2D eigenvalue weighted by Crippen LogP contribution is 2.32. The zero-order valence-corrected chi connectivity index (χ0v) is 25.1. The molecule has 0 heterocycles. The molecule has 9 nitrogen and oxygen atoms in total. The number of nitrogens with one attached hydrogen (secondary N) is 1. The lowest BCUT2D eigenvalue weighted by Crippen LogP contribution is -2.52. The van der Waals surface area contributed by atoms with Gasteiger partial charge >= 0.3 is 0 Å². The van der Waals surface area contributed by atoms with Gasteiger partial charge in [-0.2, -0.15) is 0 Å². The van der Waals surface area contributed by atoms with Crippen molar-refractivity contribution in [3.05, 3.63) is 84.4 Å². The Labute approximate surface area is 243 Å². The van der Waals surface area contributed by atoms with Crippen LogP contribution in [0.25, 0.3) is 0 Å². The molecule has 0 saturated carbocycles. The van der Waals surface area contributed by atoms with Crippen molar-refractivity contribution in [2.45, 2.75) is 44.7 Å². The molecule has 0 aromatic heterocycles. The maximum Gasteiger partial charge on any atom is 0.264 e. The van der Waals surface area contributed by atoms with E-state index in [0.717, 1.165) is 9.87 Å². The third kappa shape index (κ3) is 8.00. The summed E-state index contributed by atoms with van der Waals surface area (Å²) in [5.41, 5.74) is 1.14. The van der Waals surface area contributed by atoms with Crippen LogP contribution in [-0.2, 0) is 26.2 Å². The number of nitrogens with zero attached hydrogens (tertiary/aromatic N) is 2. The van der Waals surface area contributed by atoms with E-state index in [1.165, 1.54) is 37.3 Å². The van der Waals surface area contributed by atoms with E-state index in [4.69, 9.17) is 9.47 Å². The molecule has 0 saturated heterocycles. The maximum absolute atomic E-state index is 14.1.